The number of nitrogens with one attached hydrogen (secondary N) is 2. The van der Waals surface area contributed by atoms with Crippen molar-refractivity contribution in [2.24, 2.45) is 11.3 Å². The fraction of sp³-hybridized carbons (Fsp3) is 0.900. The molecule has 0 aromatic rings. The lowest BCUT2D eigenvalue weighted by molar-refractivity contribution is -0.129. The third-order valence-corrected chi connectivity index (χ3v) is 4.81. The van der Waals surface area contributed by atoms with Crippen molar-refractivity contribution in [1.29, 1.82) is 0 Å². The molecule has 0 aromatic carbocycles. The van der Waals surface area contributed by atoms with Crippen molar-refractivity contribution in [2.45, 2.75) is 66.0 Å². The number of piperidine rings is 1. The van der Waals surface area contributed by atoms with Crippen LogP contribution in [0.25, 0.3) is 0 Å². The van der Waals surface area contributed by atoms with Crippen LogP contribution in [0.1, 0.15) is 54.4 Å². The van der Waals surface area contributed by atoms with Gasteiger partial charge in [-0.2, -0.15) is 0 Å². The fourth-order valence-corrected chi connectivity index (χ4v) is 3.57. The molecule has 1 aliphatic heterocycles. The van der Waals surface area contributed by atoms with Crippen LogP contribution >= 0.6 is 0 Å². The molecule has 0 aromatic heterocycles. The standard InChI is InChI=1S/C20H40N4O2/c1-15(17(25)22-19(2,3)4)24-11-9-16(10-12-24)18(26)21-13-20(5,6)14-23(7)8/h15-16H,9-14H2,1-8H3,(H,21,26)(H,22,25). The summed E-state index contributed by atoms with van der Waals surface area (Å²) in [4.78, 5) is 29.2. The summed E-state index contributed by atoms with van der Waals surface area (Å²) < 4.78 is 0. The Morgan fingerprint density at radius 1 is 1.12 bits per heavy atom. The maximum absolute atomic E-state index is 12.5. The van der Waals surface area contributed by atoms with E-state index in [4.69, 9.17) is 0 Å². The number of carbonyl (C=O) groups is 2. The third kappa shape index (κ3) is 8.04. The van der Waals surface area contributed by atoms with Gasteiger partial charge in [0.2, 0.25) is 11.8 Å². The van der Waals surface area contributed by atoms with Crippen LogP contribution < -0.4 is 10.6 Å². The van der Waals surface area contributed by atoms with Crippen molar-refractivity contribution in [2.75, 3.05) is 40.3 Å². The Morgan fingerprint density at radius 3 is 2.12 bits per heavy atom. The van der Waals surface area contributed by atoms with E-state index in [1.54, 1.807) is 0 Å². The molecule has 6 heteroatoms. The van der Waals surface area contributed by atoms with E-state index >= 15 is 0 Å². The highest BCUT2D eigenvalue weighted by molar-refractivity contribution is 5.82. The molecule has 1 unspecified atom stereocenters. The summed E-state index contributed by atoms with van der Waals surface area (Å²) >= 11 is 0. The molecule has 6 nitrogen and oxygen atoms in total. The topological polar surface area (TPSA) is 64.7 Å². The number of likely N-dealkylation sites (tertiary alicyclic amines) is 1. The Balaban J connectivity index is 2.43. The van der Waals surface area contributed by atoms with Gasteiger partial charge in [0.05, 0.1) is 6.04 Å². The monoisotopic (exact) mass is 368 g/mol. The first-order valence-corrected chi connectivity index (χ1v) is 9.79. The van der Waals surface area contributed by atoms with E-state index in [0.717, 1.165) is 32.5 Å². The molecule has 0 saturated carbocycles. The van der Waals surface area contributed by atoms with E-state index in [-0.39, 0.29) is 34.7 Å². The van der Waals surface area contributed by atoms with E-state index in [1.165, 1.54) is 0 Å². The van der Waals surface area contributed by atoms with Crippen molar-refractivity contribution < 1.29 is 9.59 Å². The Morgan fingerprint density at radius 2 is 1.65 bits per heavy atom. The van der Waals surface area contributed by atoms with Crippen LogP contribution in [-0.2, 0) is 9.59 Å². The molecule has 1 rings (SSSR count). The first-order valence-electron chi connectivity index (χ1n) is 9.79. The molecule has 1 fully saturated rings. The van der Waals surface area contributed by atoms with E-state index < -0.39 is 0 Å². The van der Waals surface area contributed by atoms with Crippen molar-refractivity contribution in [1.82, 2.24) is 20.4 Å². The number of amides is 2. The zero-order valence-corrected chi connectivity index (χ0v) is 18.1. The molecule has 152 valence electrons. The molecule has 1 atom stereocenters. The summed E-state index contributed by atoms with van der Waals surface area (Å²) in [6, 6.07) is -0.155. The average Bonchev–Trinajstić information content (AvgIpc) is 2.49. The lowest BCUT2D eigenvalue weighted by Gasteiger charge is -2.36. The minimum Gasteiger partial charge on any atom is -0.355 e. The van der Waals surface area contributed by atoms with Gasteiger partial charge in [-0.3, -0.25) is 14.5 Å². The number of rotatable bonds is 7. The zero-order chi connectivity index (χ0) is 20.1. The predicted octanol–water partition coefficient (Wildman–Crippen LogP) is 1.71. The van der Waals surface area contributed by atoms with Crippen LogP contribution in [0.15, 0.2) is 0 Å². The second kappa shape index (κ2) is 9.18. The number of carbonyl (C=O) groups excluding carboxylic acids is 2. The highest BCUT2D eigenvalue weighted by Crippen LogP contribution is 2.21. The maximum Gasteiger partial charge on any atom is 0.237 e. The van der Waals surface area contributed by atoms with Gasteiger partial charge < -0.3 is 15.5 Å². The van der Waals surface area contributed by atoms with Crippen molar-refractivity contribution >= 4 is 11.8 Å². The normalized spacial score (nSPS) is 18.7. The fourth-order valence-electron chi connectivity index (χ4n) is 3.57. The molecular weight excluding hydrogens is 328 g/mol. The summed E-state index contributed by atoms with van der Waals surface area (Å²) in [6.07, 6.45) is 1.63. The minimum atomic E-state index is -0.219. The molecule has 2 N–H and O–H groups in total. The van der Waals surface area contributed by atoms with Crippen molar-refractivity contribution in [3.63, 3.8) is 0 Å². The van der Waals surface area contributed by atoms with Gasteiger partial charge in [0.1, 0.15) is 0 Å². The largest absolute Gasteiger partial charge is 0.355 e. The van der Waals surface area contributed by atoms with Crippen molar-refractivity contribution in [3.05, 3.63) is 0 Å². The summed E-state index contributed by atoms with van der Waals surface area (Å²) in [5, 5.41) is 6.17. The van der Waals surface area contributed by atoms with Crippen LogP contribution in [0.3, 0.4) is 0 Å². The van der Waals surface area contributed by atoms with Gasteiger partial charge in [0, 0.05) is 24.5 Å². The second-order valence-electron chi connectivity index (χ2n) is 9.85. The quantitative estimate of drug-likeness (QED) is 0.718. The number of hydrogen-bond donors (Lipinski definition) is 2. The molecule has 1 aliphatic rings. The Labute approximate surface area is 160 Å². The van der Waals surface area contributed by atoms with Crippen LogP contribution in [-0.4, -0.2) is 73.5 Å². The third-order valence-electron chi connectivity index (χ3n) is 4.81. The van der Waals surface area contributed by atoms with Crippen LogP contribution in [0.2, 0.25) is 0 Å². The molecule has 0 spiro atoms. The smallest absolute Gasteiger partial charge is 0.237 e. The van der Waals surface area contributed by atoms with E-state index in [0.29, 0.717) is 6.54 Å². The van der Waals surface area contributed by atoms with Gasteiger partial charge in [-0.05, 0) is 73.1 Å². The average molecular weight is 369 g/mol. The first-order chi connectivity index (χ1) is 11.8. The molecule has 2 amide bonds. The maximum atomic E-state index is 12.5. The second-order valence-corrected chi connectivity index (χ2v) is 9.85. The molecule has 1 heterocycles. The number of hydrogen-bond acceptors (Lipinski definition) is 4. The molecule has 26 heavy (non-hydrogen) atoms. The van der Waals surface area contributed by atoms with Gasteiger partial charge >= 0.3 is 0 Å². The van der Waals surface area contributed by atoms with E-state index in [1.807, 2.05) is 27.7 Å². The zero-order valence-electron chi connectivity index (χ0n) is 18.1. The molecular formula is C20H40N4O2. The molecule has 0 aliphatic carbocycles. The Hall–Kier alpha value is -1.14. The van der Waals surface area contributed by atoms with Gasteiger partial charge in [-0.25, -0.2) is 0 Å². The summed E-state index contributed by atoms with van der Waals surface area (Å²) in [5.74, 6) is 0.272. The minimum absolute atomic E-state index is 0.0549. The molecule has 1 saturated heterocycles. The summed E-state index contributed by atoms with van der Waals surface area (Å²) in [6.45, 7) is 15.5. The lowest BCUT2D eigenvalue weighted by Crippen LogP contribution is -2.53. The Kier molecular flexibility index (Phi) is 8.08. The predicted molar refractivity (Wildman–Crippen MR) is 107 cm³/mol. The summed E-state index contributed by atoms with van der Waals surface area (Å²) in [5.41, 5.74) is -0.164. The van der Waals surface area contributed by atoms with E-state index in [2.05, 4.69) is 48.4 Å². The van der Waals surface area contributed by atoms with E-state index in [9.17, 15) is 9.59 Å². The van der Waals surface area contributed by atoms with Crippen LogP contribution in [0.4, 0.5) is 0 Å². The molecule has 0 radical (unpaired) electrons. The highest BCUT2D eigenvalue weighted by Gasteiger charge is 2.31. The van der Waals surface area contributed by atoms with Gasteiger partial charge in [-0.15, -0.1) is 0 Å². The molecule has 0 bridgehead atoms. The number of nitrogens with zero attached hydrogens (tertiary/aromatic N) is 2. The highest BCUT2D eigenvalue weighted by atomic mass is 16.2. The first kappa shape index (κ1) is 22.9. The summed E-state index contributed by atoms with van der Waals surface area (Å²) in [7, 11) is 4.10. The lowest BCUT2D eigenvalue weighted by atomic mass is 9.91. The van der Waals surface area contributed by atoms with Gasteiger partial charge in [0.25, 0.3) is 0 Å². The van der Waals surface area contributed by atoms with Crippen LogP contribution in [0, 0.1) is 11.3 Å². The SMILES string of the molecule is CC(C(=O)NC(C)(C)C)N1CCC(C(=O)NCC(C)(C)CN(C)C)CC1. The Bertz CT molecular complexity index is 475. The van der Waals surface area contributed by atoms with Crippen molar-refractivity contribution in [3.8, 4) is 0 Å². The van der Waals surface area contributed by atoms with Crippen LogP contribution in [0.5, 0.6) is 0 Å². The van der Waals surface area contributed by atoms with Gasteiger partial charge in [-0.1, -0.05) is 13.8 Å². The van der Waals surface area contributed by atoms with Gasteiger partial charge in [0.15, 0.2) is 0 Å².